The molecule has 0 saturated heterocycles. The highest BCUT2D eigenvalue weighted by Crippen LogP contribution is 2.22. The summed E-state index contributed by atoms with van der Waals surface area (Å²) in [6, 6.07) is 22.5. The van der Waals surface area contributed by atoms with Gasteiger partial charge in [-0.2, -0.15) is 0 Å². The molecule has 0 fully saturated rings. The van der Waals surface area contributed by atoms with Crippen molar-refractivity contribution in [3.63, 3.8) is 0 Å². The Morgan fingerprint density at radius 2 is 0.885 bits per heavy atom. The van der Waals surface area contributed by atoms with Crippen LogP contribution in [0.25, 0.3) is 0 Å². The molecule has 0 spiro atoms. The summed E-state index contributed by atoms with van der Waals surface area (Å²) >= 11 is 17.8. The van der Waals surface area contributed by atoms with E-state index in [-0.39, 0.29) is 6.17 Å². The van der Waals surface area contributed by atoms with Gasteiger partial charge in [-0.05, 0) is 53.1 Å². The second kappa shape index (κ2) is 9.00. The third-order valence-corrected chi connectivity index (χ3v) is 4.39. The maximum atomic E-state index is 5.99. The molecule has 2 nitrogen and oxygen atoms in total. The summed E-state index contributed by atoms with van der Waals surface area (Å²) in [5.41, 5.74) is 2.86. The average molecular weight is 402 g/mol. The van der Waals surface area contributed by atoms with Crippen molar-refractivity contribution in [3.8, 4) is 0 Å². The van der Waals surface area contributed by atoms with Crippen LogP contribution < -0.4 is 0 Å². The molecule has 3 rings (SSSR count). The number of hydrogen-bond acceptors (Lipinski definition) is 2. The van der Waals surface area contributed by atoms with Gasteiger partial charge in [-0.1, -0.05) is 71.2 Å². The van der Waals surface area contributed by atoms with E-state index in [1.807, 2.05) is 72.8 Å². The van der Waals surface area contributed by atoms with Crippen molar-refractivity contribution in [2.24, 2.45) is 9.98 Å². The molecule has 0 aliphatic heterocycles. The van der Waals surface area contributed by atoms with Gasteiger partial charge in [0, 0.05) is 27.5 Å². The monoisotopic (exact) mass is 400 g/mol. The van der Waals surface area contributed by atoms with Crippen LogP contribution in [0.4, 0.5) is 0 Å². The Hall–Kier alpha value is -2.13. The molecule has 0 atom stereocenters. The fourth-order valence-corrected chi connectivity index (χ4v) is 2.63. The fraction of sp³-hybridized carbons (Fsp3) is 0.0476. The van der Waals surface area contributed by atoms with E-state index in [9.17, 15) is 0 Å². The Balaban J connectivity index is 1.86. The van der Waals surface area contributed by atoms with Gasteiger partial charge in [0.1, 0.15) is 0 Å². The topological polar surface area (TPSA) is 24.7 Å². The van der Waals surface area contributed by atoms with Crippen molar-refractivity contribution in [1.82, 2.24) is 0 Å². The summed E-state index contributed by atoms with van der Waals surface area (Å²) in [4.78, 5) is 9.24. The van der Waals surface area contributed by atoms with Crippen molar-refractivity contribution in [2.45, 2.75) is 6.17 Å². The molecule has 0 saturated carbocycles. The number of hydrogen-bond donors (Lipinski definition) is 0. The SMILES string of the molecule is Clc1ccc(/C=N/C(/N=C/c2ccc(Cl)cc2)c2ccc(Cl)cc2)cc1. The van der Waals surface area contributed by atoms with Gasteiger partial charge in [-0.15, -0.1) is 0 Å². The van der Waals surface area contributed by atoms with E-state index >= 15 is 0 Å². The predicted octanol–water partition coefficient (Wildman–Crippen LogP) is 6.88. The van der Waals surface area contributed by atoms with Gasteiger partial charge in [0.25, 0.3) is 0 Å². The van der Waals surface area contributed by atoms with Gasteiger partial charge < -0.3 is 0 Å². The zero-order valence-electron chi connectivity index (χ0n) is 13.7. The minimum atomic E-state index is -0.376. The molecular weight excluding hydrogens is 387 g/mol. The molecule has 0 amide bonds. The van der Waals surface area contributed by atoms with Crippen molar-refractivity contribution >= 4 is 47.2 Å². The first-order valence-corrected chi connectivity index (χ1v) is 9.06. The first kappa shape index (κ1) is 18.7. The van der Waals surface area contributed by atoms with E-state index in [2.05, 4.69) is 9.98 Å². The summed E-state index contributed by atoms with van der Waals surface area (Å²) in [6.07, 6.45) is 3.20. The van der Waals surface area contributed by atoms with E-state index in [0.29, 0.717) is 15.1 Å². The number of nitrogens with zero attached hydrogens (tertiary/aromatic N) is 2. The van der Waals surface area contributed by atoms with Crippen molar-refractivity contribution < 1.29 is 0 Å². The van der Waals surface area contributed by atoms with Crippen LogP contribution >= 0.6 is 34.8 Å². The van der Waals surface area contributed by atoms with Crippen LogP contribution in [0.5, 0.6) is 0 Å². The molecule has 0 bridgehead atoms. The largest absolute Gasteiger partial charge is 0.261 e. The standard InChI is InChI=1S/C21H15Cl3N2/c22-18-7-1-15(2-8-18)13-25-21(17-5-11-20(24)12-6-17)26-14-16-3-9-19(23)10-4-16/h1-14,21H/b25-13+,26-14+. The van der Waals surface area contributed by atoms with E-state index in [1.54, 1.807) is 12.4 Å². The van der Waals surface area contributed by atoms with Gasteiger partial charge >= 0.3 is 0 Å². The van der Waals surface area contributed by atoms with E-state index < -0.39 is 0 Å². The van der Waals surface area contributed by atoms with Crippen molar-refractivity contribution in [3.05, 3.63) is 105 Å². The Morgan fingerprint density at radius 1 is 0.538 bits per heavy atom. The van der Waals surface area contributed by atoms with Crippen LogP contribution in [0, 0.1) is 0 Å². The molecule has 0 N–H and O–H groups in total. The van der Waals surface area contributed by atoms with Crippen molar-refractivity contribution in [1.29, 1.82) is 0 Å². The van der Waals surface area contributed by atoms with Crippen molar-refractivity contribution in [2.75, 3.05) is 0 Å². The highest BCUT2D eigenvalue weighted by atomic mass is 35.5. The third-order valence-electron chi connectivity index (χ3n) is 3.64. The summed E-state index contributed by atoms with van der Waals surface area (Å²) < 4.78 is 0. The van der Waals surface area contributed by atoms with E-state index in [0.717, 1.165) is 16.7 Å². The van der Waals surface area contributed by atoms with Gasteiger partial charge in [0.2, 0.25) is 0 Å². The van der Waals surface area contributed by atoms with Crippen LogP contribution in [-0.4, -0.2) is 12.4 Å². The maximum absolute atomic E-state index is 5.99. The van der Waals surface area contributed by atoms with E-state index in [4.69, 9.17) is 34.8 Å². The molecule has 0 heterocycles. The molecule has 3 aromatic rings. The molecule has 130 valence electrons. The minimum Gasteiger partial charge on any atom is -0.261 e. The smallest absolute Gasteiger partial charge is 0.165 e. The highest BCUT2D eigenvalue weighted by molar-refractivity contribution is 6.31. The molecule has 0 unspecified atom stereocenters. The zero-order chi connectivity index (χ0) is 18.4. The number of aliphatic imine (C=N–C) groups is 2. The maximum Gasteiger partial charge on any atom is 0.165 e. The Labute approximate surface area is 167 Å². The second-order valence-corrected chi connectivity index (χ2v) is 6.89. The summed E-state index contributed by atoms with van der Waals surface area (Å²) in [5, 5.41) is 2.06. The van der Waals surface area contributed by atoms with Gasteiger partial charge in [0.15, 0.2) is 6.17 Å². The Kier molecular flexibility index (Phi) is 6.45. The molecule has 0 aliphatic carbocycles. The summed E-state index contributed by atoms with van der Waals surface area (Å²) in [7, 11) is 0. The molecule has 26 heavy (non-hydrogen) atoms. The Morgan fingerprint density at radius 3 is 1.27 bits per heavy atom. The van der Waals surface area contributed by atoms with Crippen LogP contribution in [0.2, 0.25) is 15.1 Å². The number of benzene rings is 3. The average Bonchev–Trinajstić information content (AvgIpc) is 2.65. The first-order chi connectivity index (χ1) is 12.6. The fourth-order valence-electron chi connectivity index (χ4n) is 2.26. The molecular formula is C21H15Cl3N2. The lowest BCUT2D eigenvalue weighted by Gasteiger charge is -2.08. The molecule has 0 radical (unpaired) electrons. The number of rotatable bonds is 5. The second-order valence-electron chi connectivity index (χ2n) is 5.58. The molecule has 0 aliphatic rings. The molecule has 0 aromatic heterocycles. The molecule has 5 heteroatoms. The highest BCUT2D eigenvalue weighted by Gasteiger charge is 2.06. The minimum absolute atomic E-state index is 0.376. The quantitative estimate of drug-likeness (QED) is 0.416. The van der Waals surface area contributed by atoms with Gasteiger partial charge in [-0.25, -0.2) is 0 Å². The lowest BCUT2D eigenvalue weighted by atomic mass is 10.1. The summed E-state index contributed by atoms with van der Waals surface area (Å²) in [6.45, 7) is 0. The normalized spacial score (nSPS) is 11.7. The predicted molar refractivity (Wildman–Crippen MR) is 112 cm³/mol. The van der Waals surface area contributed by atoms with Gasteiger partial charge in [-0.3, -0.25) is 9.98 Å². The van der Waals surface area contributed by atoms with Crippen LogP contribution in [0.1, 0.15) is 22.9 Å². The lowest BCUT2D eigenvalue weighted by molar-refractivity contribution is 0.787. The molecule has 3 aromatic carbocycles. The van der Waals surface area contributed by atoms with Crippen LogP contribution in [0.3, 0.4) is 0 Å². The lowest BCUT2D eigenvalue weighted by Crippen LogP contribution is -1.95. The summed E-state index contributed by atoms with van der Waals surface area (Å²) in [5.74, 6) is 0. The van der Waals surface area contributed by atoms with E-state index in [1.165, 1.54) is 0 Å². The zero-order valence-corrected chi connectivity index (χ0v) is 16.0. The van der Waals surface area contributed by atoms with Crippen LogP contribution in [-0.2, 0) is 0 Å². The number of halogens is 3. The van der Waals surface area contributed by atoms with Gasteiger partial charge in [0.05, 0.1) is 0 Å². The van der Waals surface area contributed by atoms with Crippen LogP contribution in [0.15, 0.2) is 82.8 Å². The third kappa shape index (κ3) is 5.43. The first-order valence-electron chi connectivity index (χ1n) is 7.93. The Bertz CT molecular complexity index is 844.